The summed E-state index contributed by atoms with van der Waals surface area (Å²) in [5.74, 6) is 0.923. The van der Waals surface area contributed by atoms with Crippen molar-refractivity contribution in [1.29, 1.82) is 0 Å². The molecule has 0 aliphatic carbocycles. The summed E-state index contributed by atoms with van der Waals surface area (Å²) in [6.45, 7) is 0. The Morgan fingerprint density at radius 1 is 1.08 bits per heavy atom. The summed E-state index contributed by atoms with van der Waals surface area (Å²) in [6.07, 6.45) is -2.77. The standard InChI is InChI=1S/C26H19F3N2O4S/c27-26(28,29)18-9-7-16(8-10-18)22-13-21(20-12-17-4-1-2-6-23(17)35-25(20)33)30-31(22)24(32)15-36-14-19-5-3-11-34-19/h1-12,22H,13-15H2/t22-/m1/s1. The normalized spacial score (nSPS) is 15.9. The zero-order valence-electron chi connectivity index (χ0n) is 18.7. The zero-order chi connectivity index (χ0) is 25.3. The van der Waals surface area contributed by atoms with Crippen molar-refractivity contribution in [2.45, 2.75) is 24.4 Å². The average molecular weight is 513 g/mol. The monoisotopic (exact) mass is 512 g/mol. The number of amides is 1. The molecule has 0 saturated carbocycles. The van der Waals surface area contributed by atoms with Crippen molar-refractivity contribution >= 4 is 34.3 Å². The molecule has 2 aromatic heterocycles. The molecule has 2 aromatic carbocycles. The Morgan fingerprint density at radius 2 is 1.86 bits per heavy atom. The average Bonchev–Trinajstić information content (AvgIpc) is 3.53. The lowest BCUT2D eigenvalue weighted by Gasteiger charge is -2.22. The maximum atomic E-state index is 13.1. The van der Waals surface area contributed by atoms with Gasteiger partial charge in [0, 0.05) is 11.8 Å². The molecule has 1 aliphatic rings. The van der Waals surface area contributed by atoms with Gasteiger partial charge in [-0.2, -0.15) is 18.3 Å². The molecular weight excluding hydrogens is 493 g/mol. The minimum Gasteiger partial charge on any atom is -0.468 e. The van der Waals surface area contributed by atoms with Crippen LogP contribution in [0.3, 0.4) is 0 Å². The highest BCUT2D eigenvalue weighted by Gasteiger charge is 2.35. The van der Waals surface area contributed by atoms with Gasteiger partial charge in [0.1, 0.15) is 11.3 Å². The first kappa shape index (κ1) is 23.9. The minimum atomic E-state index is -4.47. The van der Waals surface area contributed by atoms with Crippen LogP contribution in [0.4, 0.5) is 13.2 Å². The van der Waals surface area contributed by atoms with Gasteiger partial charge in [-0.25, -0.2) is 9.80 Å². The molecule has 4 aromatic rings. The third-order valence-corrected chi connectivity index (χ3v) is 6.73. The Labute approximate surface area is 207 Å². The molecule has 10 heteroatoms. The summed E-state index contributed by atoms with van der Waals surface area (Å²) in [6, 6.07) is 16.2. The number of nitrogens with zero attached hydrogens (tertiary/aromatic N) is 2. The molecule has 5 rings (SSSR count). The number of fused-ring (bicyclic) bond motifs is 1. The molecule has 0 N–H and O–H groups in total. The molecule has 0 spiro atoms. The molecule has 1 atom stereocenters. The number of hydrazone groups is 1. The Bertz CT molecular complexity index is 1480. The van der Waals surface area contributed by atoms with E-state index < -0.39 is 23.4 Å². The van der Waals surface area contributed by atoms with Crippen molar-refractivity contribution in [3.05, 3.63) is 106 Å². The predicted molar refractivity (Wildman–Crippen MR) is 130 cm³/mol. The fraction of sp³-hybridized carbons (Fsp3) is 0.192. The van der Waals surface area contributed by atoms with E-state index in [1.807, 2.05) is 0 Å². The summed E-state index contributed by atoms with van der Waals surface area (Å²) in [4.78, 5) is 25.9. The van der Waals surface area contributed by atoms with Crippen LogP contribution in [-0.4, -0.2) is 22.4 Å². The summed E-state index contributed by atoms with van der Waals surface area (Å²) >= 11 is 1.33. The number of carbonyl (C=O) groups is 1. The molecule has 1 aliphatic heterocycles. The lowest BCUT2D eigenvalue weighted by molar-refractivity contribution is -0.137. The second-order valence-corrected chi connectivity index (χ2v) is 9.17. The first-order valence-corrected chi connectivity index (χ1v) is 12.1. The summed E-state index contributed by atoms with van der Waals surface area (Å²) in [5, 5.41) is 6.40. The Kier molecular flexibility index (Phi) is 6.44. The molecule has 0 bridgehead atoms. The van der Waals surface area contributed by atoms with E-state index in [0.717, 1.165) is 12.1 Å². The molecule has 36 heavy (non-hydrogen) atoms. The van der Waals surface area contributed by atoms with Gasteiger partial charge in [-0.05, 0) is 42.0 Å². The van der Waals surface area contributed by atoms with Crippen LogP contribution in [0, 0.1) is 0 Å². The zero-order valence-corrected chi connectivity index (χ0v) is 19.5. The molecule has 0 unspecified atom stereocenters. The topological polar surface area (TPSA) is 76.0 Å². The van der Waals surface area contributed by atoms with E-state index >= 15 is 0 Å². The van der Waals surface area contributed by atoms with Crippen molar-refractivity contribution in [2.75, 3.05) is 5.75 Å². The molecular formula is C26H19F3N2O4S. The first-order chi connectivity index (χ1) is 17.3. The van der Waals surface area contributed by atoms with Gasteiger partial charge in [0.05, 0.1) is 40.6 Å². The van der Waals surface area contributed by atoms with E-state index in [2.05, 4.69) is 5.10 Å². The van der Waals surface area contributed by atoms with E-state index in [4.69, 9.17) is 8.83 Å². The van der Waals surface area contributed by atoms with Crippen LogP contribution in [-0.2, 0) is 16.7 Å². The van der Waals surface area contributed by atoms with Gasteiger partial charge in [0.15, 0.2) is 0 Å². The highest BCUT2D eigenvalue weighted by Crippen LogP contribution is 2.36. The largest absolute Gasteiger partial charge is 0.468 e. The third kappa shape index (κ3) is 4.94. The molecule has 0 saturated heterocycles. The van der Waals surface area contributed by atoms with Crippen molar-refractivity contribution in [1.82, 2.24) is 5.01 Å². The second-order valence-electron chi connectivity index (χ2n) is 8.18. The van der Waals surface area contributed by atoms with Gasteiger partial charge in [-0.15, -0.1) is 11.8 Å². The van der Waals surface area contributed by atoms with Gasteiger partial charge in [0.25, 0.3) is 5.91 Å². The quantitative estimate of drug-likeness (QED) is 0.296. The third-order valence-electron chi connectivity index (χ3n) is 5.79. The van der Waals surface area contributed by atoms with Crippen LogP contribution in [0.25, 0.3) is 11.0 Å². The number of rotatable bonds is 6. The molecule has 0 radical (unpaired) electrons. The van der Waals surface area contributed by atoms with E-state index in [1.54, 1.807) is 48.7 Å². The van der Waals surface area contributed by atoms with Gasteiger partial charge in [0.2, 0.25) is 0 Å². The minimum absolute atomic E-state index is 0.0704. The Hall–Kier alpha value is -3.79. The smallest absolute Gasteiger partial charge is 0.416 e. The Balaban J connectivity index is 1.45. The molecule has 1 amide bonds. The first-order valence-electron chi connectivity index (χ1n) is 11.0. The van der Waals surface area contributed by atoms with Gasteiger partial charge in [-0.1, -0.05) is 30.3 Å². The van der Waals surface area contributed by atoms with Crippen molar-refractivity contribution in [3.63, 3.8) is 0 Å². The fourth-order valence-electron chi connectivity index (χ4n) is 4.02. The number of furan rings is 1. The van der Waals surface area contributed by atoms with Gasteiger partial charge in [-0.3, -0.25) is 4.79 Å². The van der Waals surface area contributed by atoms with Gasteiger partial charge >= 0.3 is 11.8 Å². The number of benzene rings is 2. The van der Waals surface area contributed by atoms with E-state index in [1.165, 1.54) is 28.9 Å². The second kappa shape index (κ2) is 9.69. The number of thioether (sulfide) groups is 1. The number of halogens is 3. The van der Waals surface area contributed by atoms with Crippen LogP contribution >= 0.6 is 11.8 Å². The fourth-order valence-corrected chi connectivity index (χ4v) is 4.79. The summed E-state index contributed by atoms with van der Waals surface area (Å²) in [7, 11) is 0. The van der Waals surface area contributed by atoms with Crippen molar-refractivity contribution < 1.29 is 26.8 Å². The highest BCUT2D eigenvalue weighted by atomic mass is 32.2. The Morgan fingerprint density at radius 3 is 2.58 bits per heavy atom. The highest BCUT2D eigenvalue weighted by molar-refractivity contribution is 7.99. The molecule has 3 heterocycles. The van der Waals surface area contributed by atoms with E-state index in [-0.39, 0.29) is 23.6 Å². The van der Waals surface area contributed by atoms with Crippen LogP contribution in [0.15, 0.2) is 91.7 Å². The molecule has 6 nitrogen and oxygen atoms in total. The van der Waals surface area contributed by atoms with Gasteiger partial charge < -0.3 is 8.83 Å². The van der Waals surface area contributed by atoms with Crippen molar-refractivity contribution in [2.24, 2.45) is 5.10 Å². The van der Waals surface area contributed by atoms with Crippen LogP contribution in [0.2, 0.25) is 0 Å². The lowest BCUT2D eigenvalue weighted by atomic mass is 9.97. The summed E-state index contributed by atoms with van der Waals surface area (Å²) < 4.78 is 49.9. The lowest BCUT2D eigenvalue weighted by Crippen LogP contribution is -2.28. The number of hydrogen-bond donors (Lipinski definition) is 0. The molecule has 184 valence electrons. The maximum Gasteiger partial charge on any atom is 0.416 e. The van der Waals surface area contributed by atoms with Crippen LogP contribution in [0.5, 0.6) is 0 Å². The number of carbonyl (C=O) groups excluding carboxylic acids is 1. The van der Waals surface area contributed by atoms with Crippen LogP contribution in [0.1, 0.15) is 34.9 Å². The van der Waals surface area contributed by atoms with E-state index in [9.17, 15) is 22.8 Å². The van der Waals surface area contributed by atoms with Crippen LogP contribution < -0.4 is 5.63 Å². The summed E-state index contributed by atoms with van der Waals surface area (Å²) in [5.41, 5.74) is 0.0724. The maximum absolute atomic E-state index is 13.1. The number of alkyl halides is 3. The van der Waals surface area contributed by atoms with Crippen molar-refractivity contribution in [3.8, 4) is 0 Å². The predicted octanol–water partition coefficient (Wildman–Crippen LogP) is 6.02. The molecule has 0 fully saturated rings. The SMILES string of the molecule is O=C(CSCc1ccco1)N1N=C(c2cc3ccccc3oc2=O)C[C@@H]1c1ccc(C(F)(F)F)cc1. The number of hydrogen-bond acceptors (Lipinski definition) is 6. The number of para-hydroxylation sites is 1. The van der Waals surface area contributed by atoms with E-state index in [0.29, 0.717) is 33.8 Å².